The minimum Gasteiger partial charge on any atom is -0.377 e. The molecule has 92 valence electrons. The first-order chi connectivity index (χ1) is 8.32. The summed E-state index contributed by atoms with van der Waals surface area (Å²) in [6, 6.07) is 10.5. The molecular weight excluding hydrogens is 210 g/mol. The molecule has 3 nitrogen and oxygen atoms in total. The van der Waals surface area contributed by atoms with Gasteiger partial charge in [0, 0.05) is 18.8 Å². The number of hydrogen-bond acceptors (Lipinski definition) is 3. The SMILES string of the molecule is NCC1(Nc2ccccc2)CN2CCC1CC2. The third kappa shape index (κ3) is 1.94. The summed E-state index contributed by atoms with van der Waals surface area (Å²) in [7, 11) is 0. The van der Waals surface area contributed by atoms with Crippen LogP contribution in [0.15, 0.2) is 30.3 Å². The van der Waals surface area contributed by atoms with E-state index >= 15 is 0 Å². The van der Waals surface area contributed by atoms with Crippen molar-refractivity contribution in [2.45, 2.75) is 18.4 Å². The predicted molar refractivity (Wildman–Crippen MR) is 71.0 cm³/mol. The minimum absolute atomic E-state index is 0.0951. The van der Waals surface area contributed by atoms with Gasteiger partial charge in [-0.15, -0.1) is 0 Å². The van der Waals surface area contributed by atoms with Crippen molar-refractivity contribution < 1.29 is 0 Å². The zero-order valence-electron chi connectivity index (χ0n) is 10.2. The van der Waals surface area contributed by atoms with Gasteiger partial charge >= 0.3 is 0 Å². The number of fused-ring (bicyclic) bond motifs is 3. The third-order valence-electron chi connectivity index (χ3n) is 4.41. The van der Waals surface area contributed by atoms with E-state index in [1.165, 1.54) is 31.6 Å². The maximum atomic E-state index is 6.08. The van der Waals surface area contributed by atoms with Crippen molar-refractivity contribution in [1.29, 1.82) is 0 Å². The summed E-state index contributed by atoms with van der Waals surface area (Å²) in [5.74, 6) is 0.734. The van der Waals surface area contributed by atoms with Gasteiger partial charge in [0.1, 0.15) is 0 Å². The zero-order valence-corrected chi connectivity index (χ0v) is 10.2. The fourth-order valence-electron chi connectivity index (χ4n) is 3.40. The molecule has 17 heavy (non-hydrogen) atoms. The largest absolute Gasteiger partial charge is 0.377 e. The number of hydrogen-bond donors (Lipinski definition) is 2. The lowest BCUT2D eigenvalue weighted by Gasteiger charge is -2.53. The summed E-state index contributed by atoms with van der Waals surface area (Å²) in [4.78, 5) is 2.54. The molecule has 3 saturated heterocycles. The molecule has 1 aromatic carbocycles. The lowest BCUT2D eigenvalue weighted by molar-refractivity contribution is 0.0449. The molecule has 3 aliphatic rings. The molecule has 3 heteroatoms. The number of piperidine rings is 3. The number of anilines is 1. The highest BCUT2D eigenvalue weighted by molar-refractivity contribution is 5.46. The molecule has 4 rings (SSSR count). The van der Waals surface area contributed by atoms with Crippen LogP contribution in [0, 0.1) is 5.92 Å². The second-order valence-corrected chi connectivity index (χ2v) is 5.40. The van der Waals surface area contributed by atoms with Crippen LogP contribution in [0.3, 0.4) is 0 Å². The molecule has 0 amide bonds. The molecule has 3 heterocycles. The van der Waals surface area contributed by atoms with E-state index in [-0.39, 0.29) is 5.54 Å². The Balaban J connectivity index is 1.83. The smallest absolute Gasteiger partial charge is 0.0651 e. The Morgan fingerprint density at radius 1 is 1.24 bits per heavy atom. The number of rotatable bonds is 3. The van der Waals surface area contributed by atoms with Crippen LogP contribution in [0.2, 0.25) is 0 Å². The number of nitrogens with one attached hydrogen (secondary N) is 1. The lowest BCUT2D eigenvalue weighted by Crippen LogP contribution is -2.66. The normalized spacial score (nSPS) is 35.8. The molecule has 2 bridgehead atoms. The van der Waals surface area contributed by atoms with Gasteiger partial charge in [-0.3, -0.25) is 0 Å². The molecule has 1 aromatic rings. The van der Waals surface area contributed by atoms with Crippen molar-refractivity contribution in [3.8, 4) is 0 Å². The van der Waals surface area contributed by atoms with Crippen LogP contribution in [0.5, 0.6) is 0 Å². The summed E-state index contributed by atoms with van der Waals surface area (Å²) < 4.78 is 0. The molecule has 0 aliphatic carbocycles. The molecule has 0 spiro atoms. The van der Waals surface area contributed by atoms with Crippen LogP contribution in [0.25, 0.3) is 0 Å². The highest BCUT2D eigenvalue weighted by Crippen LogP contribution is 2.37. The first kappa shape index (κ1) is 11.1. The van der Waals surface area contributed by atoms with E-state index < -0.39 is 0 Å². The van der Waals surface area contributed by atoms with Crippen molar-refractivity contribution in [2.75, 3.05) is 31.5 Å². The van der Waals surface area contributed by atoms with E-state index in [0.29, 0.717) is 0 Å². The van der Waals surface area contributed by atoms with Crippen molar-refractivity contribution in [1.82, 2.24) is 4.90 Å². The third-order valence-corrected chi connectivity index (χ3v) is 4.41. The average Bonchev–Trinajstić information content (AvgIpc) is 2.41. The topological polar surface area (TPSA) is 41.3 Å². The van der Waals surface area contributed by atoms with Gasteiger partial charge in [0.2, 0.25) is 0 Å². The second-order valence-electron chi connectivity index (χ2n) is 5.40. The summed E-state index contributed by atoms with van der Waals surface area (Å²) >= 11 is 0. The van der Waals surface area contributed by atoms with Crippen molar-refractivity contribution in [3.63, 3.8) is 0 Å². The number of nitrogens with zero attached hydrogens (tertiary/aromatic N) is 1. The van der Waals surface area contributed by atoms with Gasteiger partial charge in [-0.25, -0.2) is 0 Å². The molecule has 0 aromatic heterocycles. The first-order valence-corrected chi connectivity index (χ1v) is 6.58. The van der Waals surface area contributed by atoms with Crippen molar-refractivity contribution in [2.24, 2.45) is 11.7 Å². The minimum atomic E-state index is 0.0951. The Bertz CT molecular complexity index is 370. The Morgan fingerprint density at radius 2 is 1.94 bits per heavy atom. The molecule has 3 N–H and O–H groups in total. The van der Waals surface area contributed by atoms with Gasteiger partial charge in [-0.2, -0.15) is 0 Å². The maximum absolute atomic E-state index is 6.08. The first-order valence-electron chi connectivity index (χ1n) is 6.58. The van der Waals surface area contributed by atoms with Crippen LogP contribution in [-0.2, 0) is 0 Å². The lowest BCUT2D eigenvalue weighted by atomic mass is 9.72. The van der Waals surface area contributed by atoms with E-state index in [1.54, 1.807) is 0 Å². The van der Waals surface area contributed by atoms with Crippen LogP contribution in [0.1, 0.15) is 12.8 Å². The van der Waals surface area contributed by atoms with E-state index in [0.717, 1.165) is 19.0 Å². The molecule has 1 atom stereocenters. The van der Waals surface area contributed by atoms with Gasteiger partial charge in [0.15, 0.2) is 0 Å². The molecule has 3 fully saturated rings. The zero-order chi connectivity index (χ0) is 11.7. The van der Waals surface area contributed by atoms with Gasteiger partial charge in [-0.05, 0) is 44.0 Å². The molecular formula is C14H21N3. The summed E-state index contributed by atoms with van der Waals surface area (Å²) in [5, 5.41) is 3.71. The maximum Gasteiger partial charge on any atom is 0.0651 e. The quantitative estimate of drug-likeness (QED) is 0.829. The van der Waals surface area contributed by atoms with Crippen LogP contribution in [-0.4, -0.2) is 36.6 Å². The van der Waals surface area contributed by atoms with Crippen LogP contribution < -0.4 is 11.1 Å². The van der Waals surface area contributed by atoms with Crippen molar-refractivity contribution in [3.05, 3.63) is 30.3 Å². The molecule has 0 radical (unpaired) electrons. The summed E-state index contributed by atoms with van der Waals surface area (Å²) in [5.41, 5.74) is 7.38. The number of nitrogens with two attached hydrogens (primary N) is 1. The average molecular weight is 231 g/mol. The standard InChI is InChI=1S/C14H21N3/c15-10-14(16-13-4-2-1-3-5-13)11-17-8-6-12(14)7-9-17/h1-5,12,16H,6-11,15H2. The summed E-state index contributed by atoms with van der Waals surface area (Å²) in [6.45, 7) is 4.33. The number of benzene rings is 1. The second kappa shape index (κ2) is 4.31. The van der Waals surface area contributed by atoms with Crippen molar-refractivity contribution >= 4 is 5.69 Å². The highest BCUT2D eigenvalue weighted by atomic mass is 15.2. The van der Waals surface area contributed by atoms with E-state index in [2.05, 4.69) is 40.5 Å². The number of para-hydroxylation sites is 1. The summed E-state index contributed by atoms with van der Waals surface area (Å²) in [6.07, 6.45) is 2.58. The van der Waals surface area contributed by atoms with E-state index in [4.69, 9.17) is 5.73 Å². The Kier molecular flexibility index (Phi) is 2.81. The Hall–Kier alpha value is -1.06. The fraction of sp³-hybridized carbons (Fsp3) is 0.571. The van der Waals surface area contributed by atoms with Gasteiger partial charge < -0.3 is 16.0 Å². The monoisotopic (exact) mass is 231 g/mol. The van der Waals surface area contributed by atoms with E-state index in [1.807, 2.05) is 0 Å². The molecule has 0 saturated carbocycles. The highest BCUT2D eigenvalue weighted by Gasteiger charge is 2.45. The Morgan fingerprint density at radius 3 is 2.47 bits per heavy atom. The van der Waals surface area contributed by atoms with Gasteiger partial charge in [0.05, 0.1) is 5.54 Å². The molecule has 1 unspecified atom stereocenters. The van der Waals surface area contributed by atoms with Gasteiger partial charge in [0.25, 0.3) is 0 Å². The van der Waals surface area contributed by atoms with Crippen LogP contribution in [0.4, 0.5) is 5.69 Å². The predicted octanol–water partition coefficient (Wildman–Crippen LogP) is 1.52. The van der Waals surface area contributed by atoms with Gasteiger partial charge in [-0.1, -0.05) is 18.2 Å². The van der Waals surface area contributed by atoms with Crippen LogP contribution >= 0.6 is 0 Å². The molecule has 3 aliphatic heterocycles. The van der Waals surface area contributed by atoms with E-state index in [9.17, 15) is 0 Å². The Labute approximate surface area is 103 Å². The fourth-order valence-corrected chi connectivity index (χ4v) is 3.40.